The second kappa shape index (κ2) is 10.8. The fourth-order valence-electron chi connectivity index (χ4n) is 4.72. The number of aromatic nitrogens is 2. The van der Waals surface area contributed by atoms with Gasteiger partial charge in [0, 0.05) is 18.7 Å². The van der Waals surface area contributed by atoms with Gasteiger partial charge in [-0.3, -0.25) is 4.79 Å². The highest BCUT2D eigenvalue weighted by Gasteiger charge is 2.31. The third kappa shape index (κ3) is 6.27. The van der Waals surface area contributed by atoms with Gasteiger partial charge in [-0.1, -0.05) is 29.8 Å². The monoisotopic (exact) mass is 525 g/mol. The summed E-state index contributed by atoms with van der Waals surface area (Å²) < 4.78 is 47.8. The lowest BCUT2D eigenvalue weighted by Gasteiger charge is -2.24. The van der Waals surface area contributed by atoms with E-state index >= 15 is 0 Å². The lowest BCUT2D eigenvalue weighted by atomic mass is 10.1. The summed E-state index contributed by atoms with van der Waals surface area (Å²) in [7, 11) is -3.83. The average Bonchev–Trinajstić information content (AvgIpc) is 3.37. The van der Waals surface area contributed by atoms with Gasteiger partial charge in [0.05, 0.1) is 36.8 Å². The lowest BCUT2D eigenvalue weighted by molar-refractivity contribution is 0.0723. The van der Waals surface area contributed by atoms with Crippen LogP contribution in [0.2, 0.25) is 0 Å². The van der Waals surface area contributed by atoms with Crippen molar-refractivity contribution in [3.05, 3.63) is 82.9 Å². The number of nitrogens with zero attached hydrogens (tertiary/aromatic N) is 3. The Morgan fingerprint density at radius 2 is 1.84 bits per heavy atom. The molecule has 9 heteroatoms. The number of hydrogen-bond acceptors (Lipinski definition) is 5. The summed E-state index contributed by atoms with van der Waals surface area (Å²) in [6, 6.07) is 13.0. The molecule has 2 aliphatic rings. The van der Waals surface area contributed by atoms with E-state index in [1.54, 1.807) is 10.8 Å². The van der Waals surface area contributed by atoms with Gasteiger partial charge in [-0.25, -0.2) is 17.8 Å². The van der Waals surface area contributed by atoms with Crippen LogP contribution in [0.4, 0.5) is 4.39 Å². The van der Waals surface area contributed by atoms with Crippen LogP contribution in [-0.2, 0) is 33.4 Å². The fraction of sp³-hybridized carbons (Fsp3) is 0.429. The number of hydrogen-bond donors (Lipinski definition) is 0. The molecule has 0 unspecified atom stereocenters. The Labute approximate surface area is 217 Å². The molecule has 0 N–H and O–H groups in total. The van der Waals surface area contributed by atoms with Crippen LogP contribution < -0.4 is 0 Å². The summed E-state index contributed by atoms with van der Waals surface area (Å²) in [6.07, 6.45) is 5.38. The van der Waals surface area contributed by atoms with Gasteiger partial charge in [0.2, 0.25) is 15.0 Å². The molecule has 0 spiro atoms. The Balaban J connectivity index is 1.45. The molecule has 1 aliphatic heterocycles. The van der Waals surface area contributed by atoms with Crippen LogP contribution >= 0.6 is 0 Å². The third-order valence-electron chi connectivity index (χ3n) is 6.97. The van der Waals surface area contributed by atoms with Crippen molar-refractivity contribution >= 4 is 15.7 Å². The summed E-state index contributed by atoms with van der Waals surface area (Å²) in [5.41, 5.74) is 2.84. The predicted octanol–water partition coefficient (Wildman–Crippen LogP) is 4.54. The average molecular weight is 526 g/mol. The van der Waals surface area contributed by atoms with Crippen LogP contribution in [0.3, 0.4) is 0 Å². The number of imidazole rings is 1. The van der Waals surface area contributed by atoms with Gasteiger partial charge in [0.15, 0.2) is 0 Å². The third-order valence-corrected chi connectivity index (χ3v) is 8.57. The first-order valence-corrected chi connectivity index (χ1v) is 14.4. The number of halogens is 1. The first-order chi connectivity index (χ1) is 17.8. The summed E-state index contributed by atoms with van der Waals surface area (Å²) in [4.78, 5) is 19.6. The van der Waals surface area contributed by atoms with Gasteiger partial charge >= 0.3 is 0 Å². The van der Waals surface area contributed by atoms with E-state index in [0.717, 1.165) is 31.2 Å². The number of benzene rings is 2. The summed E-state index contributed by atoms with van der Waals surface area (Å²) in [6.45, 7) is 3.85. The fourth-order valence-corrected chi connectivity index (χ4v) is 6.23. The molecule has 0 radical (unpaired) electrons. The minimum Gasteiger partial charge on any atom is -0.376 e. The number of carbonyl (C=O) groups is 1. The number of amides is 1. The maximum Gasteiger partial charge on any atom is 0.254 e. The number of carbonyl (C=O) groups excluding carboxylic acids is 1. The topological polar surface area (TPSA) is 81.5 Å². The predicted molar refractivity (Wildman–Crippen MR) is 137 cm³/mol. The van der Waals surface area contributed by atoms with E-state index in [9.17, 15) is 17.6 Å². The van der Waals surface area contributed by atoms with Crippen molar-refractivity contribution in [3.8, 4) is 0 Å². The molecular formula is C28H32FN3O4S. The summed E-state index contributed by atoms with van der Waals surface area (Å²) in [5.74, 6) is -0.320. The van der Waals surface area contributed by atoms with Crippen LogP contribution in [0, 0.1) is 18.7 Å². The van der Waals surface area contributed by atoms with Crippen LogP contribution in [-0.4, -0.2) is 48.0 Å². The highest BCUT2D eigenvalue weighted by atomic mass is 32.2. The van der Waals surface area contributed by atoms with Gasteiger partial charge in [0.1, 0.15) is 5.82 Å². The molecule has 1 amide bonds. The Hall–Kier alpha value is -3.04. The molecule has 196 valence electrons. The molecule has 5 rings (SSSR count). The van der Waals surface area contributed by atoms with Crippen molar-refractivity contribution in [3.63, 3.8) is 0 Å². The largest absolute Gasteiger partial charge is 0.376 e. The standard InChI is InChI=1S/C28H32FN3O4S/c1-20-4-10-23(11-5-20)27(33)31(16-21-6-7-21)17-25-15-30-28(32(25)18-26-3-2-14-36-26)37(34,35)19-22-8-12-24(29)13-9-22/h4-5,8-13,15,21,26H,2-3,6-7,14,16-19H2,1H3/t26-/m0/s1. The molecule has 37 heavy (non-hydrogen) atoms. The molecular weight excluding hydrogens is 493 g/mol. The Bertz CT molecular complexity index is 1340. The lowest BCUT2D eigenvalue weighted by Crippen LogP contribution is -2.34. The van der Waals surface area contributed by atoms with Crippen LogP contribution in [0.5, 0.6) is 0 Å². The molecule has 2 heterocycles. The van der Waals surface area contributed by atoms with Crippen LogP contribution in [0.25, 0.3) is 0 Å². The van der Waals surface area contributed by atoms with E-state index < -0.39 is 15.7 Å². The first-order valence-electron chi connectivity index (χ1n) is 12.8. The molecule has 1 saturated heterocycles. The number of aryl methyl sites for hydroxylation is 1. The maximum absolute atomic E-state index is 13.5. The molecule has 3 aromatic rings. The van der Waals surface area contributed by atoms with Gasteiger partial charge in [0.25, 0.3) is 5.91 Å². The SMILES string of the molecule is Cc1ccc(C(=O)N(Cc2cnc(S(=O)(=O)Cc3ccc(F)cc3)n2C[C@@H]2CCCO2)CC2CC2)cc1. The second-order valence-electron chi connectivity index (χ2n) is 10.2. The zero-order valence-electron chi connectivity index (χ0n) is 21.0. The normalized spacial score (nSPS) is 17.7. The Kier molecular flexibility index (Phi) is 7.44. The molecule has 1 saturated carbocycles. The van der Waals surface area contributed by atoms with Crippen LogP contribution in [0.15, 0.2) is 59.9 Å². The molecule has 0 bridgehead atoms. The maximum atomic E-state index is 13.5. The van der Waals surface area contributed by atoms with E-state index in [1.165, 1.54) is 24.3 Å². The minimum atomic E-state index is -3.83. The smallest absolute Gasteiger partial charge is 0.254 e. The Morgan fingerprint density at radius 1 is 1.11 bits per heavy atom. The van der Waals surface area contributed by atoms with Gasteiger partial charge in [-0.15, -0.1) is 0 Å². The zero-order valence-corrected chi connectivity index (χ0v) is 21.8. The minimum absolute atomic E-state index is 0.0449. The zero-order chi connectivity index (χ0) is 26.0. The van der Waals surface area contributed by atoms with Gasteiger partial charge in [-0.05, 0) is 68.4 Å². The second-order valence-corrected chi connectivity index (χ2v) is 12.0. The molecule has 1 aliphatic carbocycles. The van der Waals surface area contributed by atoms with E-state index in [2.05, 4.69) is 4.98 Å². The van der Waals surface area contributed by atoms with E-state index in [1.807, 2.05) is 36.1 Å². The molecule has 1 aromatic heterocycles. The van der Waals surface area contributed by atoms with E-state index in [0.29, 0.717) is 42.4 Å². The van der Waals surface area contributed by atoms with Crippen molar-refractivity contribution in [1.82, 2.24) is 14.5 Å². The van der Waals surface area contributed by atoms with E-state index in [-0.39, 0.29) is 29.5 Å². The number of sulfone groups is 1. The van der Waals surface area contributed by atoms with Gasteiger partial charge in [-0.2, -0.15) is 0 Å². The highest BCUT2D eigenvalue weighted by Crippen LogP contribution is 2.31. The number of ether oxygens (including phenoxy) is 1. The molecule has 1 atom stereocenters. The van der Waals surface area contributed by atoms with Gasteiger partial charge < -0.3 is 14.2 Å². The van der Waals surface area contributed by atoms with Crippen molar-refractivity contribution < 1.29 is 22.3 Å². The first kappa shape index (κ1) is 25.6. The molecule has 2 aromatic carbocycles. The highest BCUT2D eigenvalue weighted by molar-refractivity contribution is 7.90. The molecule has 7 nitrogen and oxygen atoms in total. The van der Waals surface area contributed by atoms with E-state index in [4.69, 9.17) is 4.74 Å². The van der Waals surface area contributed by atoms with Crippen molar-refractivity contribution in [2.24, 2.45) is 5.92 Å². The Morgan fingerprint density at radius 3 is 2.49 bits per heavy atom. The van der Waals surface area contributed by atoms with Crippen molar-refractivity contribution in [2.45, 2.75) is 62.7 Å². The number of rotatable bonds is 10. The summed E-state index contributed by atoms with van der Waals surface area (Å²) >= 11 is 0. The van der Waals surface area contributed by atoms with Crippen molar-refractivity contribution in [1.29, 1.82) is 0 Å². The van der Waals surface area contributed by atoms with Crippen LogP contribution in [0.1, 0.15) is 52.9 Å². The summed E-state index contributed by atoms with van der Waals surface area (Å²) in [5, 5.41) is -0.0449. The quantitative estimate of drug-likeness (QED) is 0.388. The van der Waals surface area contributed by atoms with Crippen molar-refractivity contribution in [2.75, 3.05) is 13.2 Å². The molecule has 2 fully saturated rings.